The monoisotopic (exact) mass is 757 g/mol. The molecule has 1 unspecified atom stereocenters. The molecule has 4 aliphatic heterocycles. The van der Waals surface area contributed by atoms with E-state index in [0.717, 1.165) is 30.7 Å². The number of carbonyl (C=O) groups is 1. The van der Waals surface area contributed by atoms with Crippen LogP contribution in [-0.2, 0) is 4.79 Å². The van der Waals surface area contributed by atoms with Crippen molar-refractivity contribution in [2.24, 2.45) is 5.92 Å². The van der Waals surface area contributed by atoms with Crippen molar-refractivity contribution >= 4 is 60.7 Å². The molecule has 1 aliphatic carbocycles. The number of nitriles is 1. The summed E-state index contributed by atoms with van der Waals surface area (Å²) < 4.78 is 80.5. The maximum Gasteiger partial charge on any atom is 0.319 e. The number of fused-ring (bicyclic) bond motifs is 3. The molecule has 5 fully saturated rings. The number of amides is 1. The summed E-state index contributed by atoms with van der Waals surface area (Å²) in [6, 6.07) is 5.95. The predicted molar refractivity (Wildman–Crippen MR) is 187 cm³/mol. The van der Waals surface area contributed by atoms with E-state index in [2.05, 4.69) is 9.88 Å². The molecule has 272 valence electrons. The second-order valence-corrected chi connectivity index (χ2v) is 16.3. The minimum atomic E-state index is -2.95. The number of ether oxygens (including phenoxy) is 1. The highest BCUT2D eigenvalue weighted by Gasteiger charge is 2.65. The van der Waals surface area contributed by atoms with Crippen LogP contribution < -0.4 is 15.4 Å². The van der Waals surface area contributed by atoms with E-state index in [9.17, 15) is 27.6 Å². The molecule has 5 aliphatic rings. The van der Waals surface area contributed by atoms with E-state index in [-0.39, 0.29) is 60.3 Å². The molecular weight excluding hydrogens is 725 g/mol. The highest BCUT2D eigenvalue weighted by Crippen LogP contribution is 2.53. The Hall–Kier alpha value is -4.00. The Morgan fingerprint density at radius 2 is 1.87 bits per heavy atom. The number of likely N-dealkylation sites (tertiary alicyclic amines) is 1. The van der Waals surface area contributed by atoms with Crippen LogP contribution in [-0.4, -0.2) is 88.2 Å². The molecule has 0 bridgehead atoms. The van der Waals surface area contributed by atoms with Crippen LogP contribution in [0.1, 0.15) is 50.5 Å². The minimum Gasteiger partial charge on any atom is -0.461 e. The van der Waals surface area contributed by atoms with Gasteiger partial charge in [0, 0.05) is 60.9 Å². The van der Waals surface area contributed by atoms with Crippen molar-refractivity contribution in [2.45, 2.75) is 68.1 Å². The fourth-order valence-corrected chi connectivity index (χ4v) is 10.3. The van der Waals surface area contributed by atoms with Crippen molar-refractivity contribution in [3.63, 3.8) is 0 Å². The number of rotatable bonds is 6. The quantitative estimate of drug-likeness (QED) is 0.208. The smallest absolute Gasteiger partial charge is 0.319 e. The molecule has 2 aromatic carbocycles. The lowest BCUT2D eigenvalue weighted by Gasteiger charge is -2.56. The van der Waals surface area contributed by atoms with Crippen LogP contribution in [0.5, 0.6) is 6.01 Å². The second-order valence-electron chi connectivity index (χ2n) is 14.9. The molecule has 52 heavy (non-hydrogen) atoms. The van der Waals surface area contributed by atoms with E-state index in [1.165, 1.54) is 18.2 Å². The van der Waals surface area contributed by atoms with Gasteiger partial charge in [0.1, 0.15) is 46.9 Å². The number of nitrogens with two attached hydrogens (primary N) is 1. The highest BCUT2D eigenvalue weighted by atomic mass is 35.5. The number of nitrogen functional groups attached to an aromatic ring is 1. The third-order valence-electron chi connectivity index (χ3n) is 12.0. The minimum absolute atomic E-state index is 0.0109. The van der Waals surface area contributed by atoms with Gasteiger partial charge in [-0.2, -0.15) is 15.2 Å². The third-order valence-corrected chi connectivity index (χ3v) is 13.4. The first-order valence-corrected chi connectivity index (χ1v) is 18.6. The van der Waals surface area contributed by atoms with Gasteiger partial charge in [-0.1, -0.05) is 17.7 Å². The summed E-state index contributed by atoms with van der Waals surface area (Å²) in [6.07, 6.45) is 2.23. The Balaban J connectivity index is 1.11. The maximum absolute atomic E-state index is 17.1. The zero-order valence-corrected chi connectivity index (χ0v) is 29.4. The number of halogens is 6. The van der Waals surface area contributed by atoms with E-state index in [1.54, 1.807) is 4.90 Å². The summed E-state index contributed by atoms with van der Waals surface area (Å²) >= 11 is 7.74. The molecule has 9 nitrogen and oxygen atoms in total. The number of nitrogens with zero attached hydrogens (tertiary/aromatic N) is 6. The first kappa shape index (κ1) is 33.8. The van der Waals surface area contributed by atoms with Gasteiger partial charge < -0.3 is 20.3 Å². The molecule has 1 spiro atoms. The van der Waals surface area contributed by atoms with Crippen molar-refractivity contribution in [2.75, 3.05) is 50.0 Å². The zero-order valence-electron chi connectivity index (χ0n) is 27.8. The molecule has 6 heterocycles. The van der Waals surface area contributed by atoms with Crippen molar-refractivity contribution in [3.8, 4) is 23.2 Å². The van der Waals surface area contributed by atoms with Crippen LogP contribution in [0.25, 0.3) is 32.1 Å². The van der Waals surface area contributed by atoms with Crippen molar-refractivity contribution in [1.82, 2.24) is 19.8 Å². The van der Waals surface area contributed by atoms with Crippen LogP contribution in [0.15, 0.2) is 18.2 Å². The Morgan fingerprint density at radius 1 is 1.12 bits per heavy atom. The van der Waals surface area contributed by atoms with E-state index in [1.807, 2.05) is 11.0 Å². The van der Waals surface area contributed by atoms with Crippen molar-refractivity contribution < 1.29 is 31.5 Å². The summed E-state index contributed by atoms with van der Waals surface area (Å²) in [5.74, 6) is -5.82. The Labute approximate surface area is 304 Å². The summed E-state index contributed by atoms with van der Waals surface area (Å²) in [5, 5.41) is 10.4. The lowest BCUT2D eigenvalue weighted by molar-refractivity contribution is -0.153. The Bertz CT molecular complexity index is 2220. The van der Waals surface area contributed by atoms with Crippen LogP contribution in [0.2, 0.25) is 5.02 Å². The fourth-order valence-electron chi connectivity index (χ4n) is 9.08. The maximum atomic E-state index is 17.1. The van der Waals surface area contributed by atoms with Gasteiger partial charge in [-0.3, -0.25) is 9.69 Å². The van der Waals surface area contributed by atoms with Gasteiger partial charge >= 0.3 is 6.01 Å². The predicted octanol–water partition coefficient (Wildman–Crippen LogP) is 7.08. The zero-order chi connectivity index (χ0) is 36.3. The molecule has 4 aromatic rings. The lowest BCUT2D eigenvalue weighted by atomic mass is 9.76. The number of thiophene rings is 1. The van der Waals surface area contributed by atoms with Gasteiger partial charge in [0.25, 0.3) is 5.92 Å². The standard InChI is InChI=1S/C36H33ClF5N7O2S/c37-23-12-20-28(27(40)26(23)19-2-3-24(39)29-25(19)21(15-43)30(44)52-29)45-33(51-17-35-4-1-8-48(35)16-18(38)13-35)46-31(20)47-9-5-34(6-10-47)7-11-49(34)32(50)22-14-36(22,41)42/h2-3,12,18,22H,1,4-11,13-14,16-17,44H2/t18-,22?,35+/m1/s1. The topological polar surface area (TPSA) is 112 Å². The Morgan fingerprint density at radius 3 is 2.56 bits per heavy atom. The lowest BCUT2D eigenvalue weighted by Crippen LogP contribution is -2.66. The first-order chi connectivity index (χ1) is 24.8. The summed E-state index contributed by atoms with van der Waals surface area (Å²) in [6.45, 7) is 2.38. The van der Waals surface area contributed by atoms with E-state index >= 15 is 4.39 Å². The molecule has 1 amide bonds. The van der Waals surface area contributed by atoms with Crippen LogP contribution in [0.3, 0.4) is 0 Å². The average molecular weight is 758 g/mol. The van der Waals surface area contributed by atoms with Crippen LogP contribution in [0.4, 0.5) is 32.8 Å². The van der Waals surface area contributed by atoms with E-state index in [4.69, 9.17) is 27.1 Å². The highest BCUT2D eigenvalue weighted by molar-refractivity contribution is 7.23. The molecule has 4 saturated heterocycles. The molecule has 9 rings (SSSR count). The number of benzene rings is 2. The number of carbonyl (C=O) groups excluding carboxylic acids is 1. The Kier molecular flexibility index (Phi) is 7.64. The molecule has 2 aromatic heterocycles. The van der Waals surface area contributed by atoms with Gasteiger partial charge in [-0.25, -0.2) is 22.0 Å². The normalized spacial score (nSPS) is 26.2. The molecule has 2 N–H and O–H groups in total. The number of piperidine rings is 1. The van der Waals surface area contributed by atoms with Crippen molar-refractivity contribution in [3.05, 3.63) is 40.4 Å². The first-order valence-electron chi connectivity index (χ1n) is 17.4. The molecule has 16 heteroatoms. The SMILES string of the molecule is N#Cc1c(N)sc2c(F)ccc(-c3c(Cl)cc4c(N5CCC6(CC5)CCN6C(=O)C5CC5(F)F)nc(OC[C@@]56CCCN5C[C@H](F)C6)nc4c3F)c12. The largest absolute Gasteiger partial charge is 0.461 e. The van der Waals surface area contributed by atoms with Gasteiger partial charge in [0.05, 0.1) is 20.8 Å². The second kappa shape index (κ2) is 11.8. The average Bonchev–Trinajstić information content (AvgIpc) is 3.34. The molecule has 1 saturated carbocycles. The van der Waals surface area contributed by atoms with Gasteiger partial charge in [-0.15, -0.1) is 11.3 Å². The molecule has 0 radical (unpaired) electrons. The van der Waals surface area contributed by atoms with Gasteiger partial charge in [0.2, 0.25) is 5.91 Å². The summed E-state index contributed by atoms with van der Waals surface area (Å²) in [5.41, 5.74) is 4.97. The van der Waals surface area contributed by atoms with Gasteiger partial charge in [0.15, 0.2) is 5.82 Å². The number of alkyl halides is 3. The van der Waals surface area contributed by atoms with E-state index in [0.29, 0.717) is 57.7 Å². The molecule has 3 atom stereocenters. The fraction of sp³-hybridized carbons (Fsp3) is 0.500. The number of anilines is 2. The third kappa shape index (κ3) is 5.04. The van der Waals surface area contributed by atoms with Crippen LogP contribution >= 0.6 is 22.9 Å². The van der Waals surface area contributed by atoms with Crippen molar-refractivity contribution in [1.29, 1.82) is 5.26 Å². The van der Waals surface area contributed by atoms with Gasteiger partial charge in [-0.05, 0) is 56.3 Å². The van der Waals surface area contributed by atoms with E-state index < -0.39 is 53.1 Å². The van der Waals surface area contributed by atoms with Crippen LogP contribution in [0, 0.1) is 28.9 Å². The number of hydrogen-bond acceptors (Lipinski definition) is 9. The number of aromatic nitrogens is 2. The summed E-state index contributed by atoms with van der Waals surface area (Å²) in [4.78, 5) is 27.9. The summed E-state index contributed by atoms with van der Waals surface area (Å²) in [7, 11) is 0. The molecular formula is C36H33ClF5N7O2S. The number of hydrogen-bond donors (Lipinski definition) is 1.